The molecule has 2 rings (SSSR count). The molecular formula is C12H7Cl3O2. The Kier molecular flexibility index (Phi) is 3.67. The van der Waals surface area contributed by atoms with E-state index in [1.807, 2.05) is 0 Å². The number of benzene rings is 2. The van der Waals surface area contributed by atoms with Crippen LogP contribution in [0.2, 0.25) is 15.1 Å². The number of ether oxygens (including phenoxy) is 1. The SMILES string of the molecule is Oc1cc(Oc2ccc(Cl)cc2Cl)ccc1Cl. The largest absolute Gasteiger partial charge is 0.506 e. The lowest BCUT2D eigenvalue weighted by molar-refractivity contribution is 0.455. The summed E-state index contributed by atoms with van der Waals surface area (Å²) < 4.78 is 5.49. The van der Waals surface area contributed by atoms with Crippen molar-refractivity contribution in [3.63, 3.8) is 0 Å². The summed E-state index contributed by atoms with van der Waals surface area (Å²) in [4.78, 5) is 0. The number of hydrogen-bond donors (Lipinski definition) is 1. The van der Waals surface area contributed by atoms with E-state index in [0.29, 0.717) is 21.5 Å². The summed E-state index contributed by atoms with van der Waals surface area (Å²) in [6.45, 7) is 0. The van der Waals surface area contributed by atoms with E-state index < -0.39 is 0 Å². The fourth-order valence-electron chi connectivity index (χ4n) is 1.24. The van der Waals surface area contributed by atoms with E-state index in [9.17, 15) is 5.11 Å². The number of hydrogen-bond acceptors (Lipinski definition) is 2. The highest BCUT2D eigenvalue weighted by molar-refractivity contribution is 6.35. The Morgan fingerprint density at radius 2 is 1.65 bits per heavy atom. The first-order valence-electron chi connectivity index (χ1n) is 4.67. The van der Waals surface area contributed by atoms with Gasteiger partial charge < -0.3 is 9.84 Å². The van der Waals surface area contributed by atoms with E-state index in [1.54, 1.807) is 24.3 Å². The van der Waals surface area contributed by atoms with E-state index in [-0.39, 0.29) is 10.8 Å². The van der Waals surface area contributed by atoms with Gasteiger partial charge >= 0.3 is 0 Å². The topological polar surface area (TPSA) is 29.5 Å². The highest BCUT2D eigenvalue weighted by atomic mass is 35.5. The van der Waals surface area contributed by atoms with Gasteiger partial charge in [-0.05, 0) is 30.3 Å². The molecule has 2 aromatic carbocycles. The zero-order valence-electron chi connectivity index (χ0n) is 8.45. The molecule has 0 aromatic heterocycles. The minimum atomic E-state index is -0.0470. The lowest BCUT2D eigenvalue weighted by Crippen LogP contribution is -1.85. The van der Waals surface area contributed by atoms with Crippen LogP contribution in [0.15, 0.2) is 36.4 Å². The van der Waals surface area contributed by atoms with Gasteiger partial charge in [0.2, 0.25) is 0 Å². The van der Waals surface area contributed by atoms with Crippen LogP contribution in [0, 0.1) is 0 Å². The van der Waals surface area contributed by atoms with Crippen LogP contribution in [0.1, 0.15) is 0 Å². The van der Waals surface area contributed by atoms with Gasteiger partial charge in [-0.1, -0.05) is 34.8 Å². The first kappa shape index (κ1) is 12.4. The molecule has 0 aliphatic heterocycles. The minimum Gasteiger partial charge on any atom is -0.506 e. The van der Waals surface area contributed by atoms with Crippen LogP contribution in [0.5, 0.6) is 17.2 Å². The Labute approximate surface area is 113 Å². The van der Waals surface area contributed by atoms with Gasteiger partial charge in [0.05, 0.1) is 10.0 Å². The monoisotopic (exact) mass is 288 g/mol. The molecule has 0 aliphatic carbocycles. The molecule has 0 bridgehead atoms. The second-order valence-corrected chi connectivity index (χ2v) is 4.54. The molecule has 0 spiro atoms. The summed E-state index contributed by atoms with van der Waals surface area (Å²) in [5, 5.41) is 10.6. The number of phenolic OH excluding ortho intramolecular Hbond substituents is 1. The maximum atomic E-state index is 9.43. The van der Waals surface area contributed by atoms with Crippen LogP contribution in [0.4, 0.5) is 0 Å². The van der Waals surface area contributed by atoms with Crippen molar-refractivity contribution in [2.24, 2.45) is 0 Å². The van der Waals surface area contributed by atoms with Crippen molar-refractivity contribution in [1.29, 1.82) is 0 Å². The van der Waals surface area contributed by atoms with Crippen LogP contribution in [-0.4, -0.2) is 5.11 Å². The molecular weight excluding hydrogens is 282 g/mol. The summed E-state index contributed by atoms with van der Waals surface area (Å²) in [6, 6.07) is 9.47. The summed E-state index contributed by atoms with van der Waals surface area (Å²) in [5.41, 5.74) is 0. The van der Waals surface area contributed by atoms with Gasteiger partial charge in [0.1, 0.15) is 17.2 Å². The van der Waals surface area contributed by atoms with Gasteiger partial charge in [0.15, 0.2) is 0 Å². The predicted molar refractivity (Wildman–Crippen MR) is 69.7 cm³/mol. The van der Waals surface area contributed by atoms with Crippen LogP contribution >= 0.6 is 34.8 Å². The first-order chi connectivity index (χ1) is 8.06. The number of aromatic hydroxyl groups is 1. The third-order valence-electron chi connectivity index (χ3n) is 2.04. The molecule has 0 fully saturated rings. The Bertz CT molecular complexity index is 555. The fourth-order valence-corrected chi connectivity index (χ4v) is 1.81. The summed E-state index contributed by atoms with van der Waals surface area (Å²) >= 11 is 17.4. The highest BCUT2D eigenvalue weighted by Gasteiger charge is 2.06. The second kappa shape index (κ2) is 5.05. The van der Waals surface area contributed by atoms with Gasteiger partial charge in [0.25, 0.3) is 0 Å². The van der Waals surface area contributed by atoms with E-state index in [4.69, 9.17) is 39.5 Å². The van der Waals surface area contributed by atoms with E-state index in [0.717, 1.165) is 0 Å². The molecule has 0 aliphatic rings. The third-order valence-corrected chi connectivity index (χ3v) is 2.89. The minimum absolute atomic E-state index is 0.0470. The Morgan fingerprint density at radius 1 is 0.882 bits per heavy atom. The molecule has 0 unspecified atom stereocenters. The average molecular weight is 290 g/mol. The molecule has 88 valence electrons. The average Bonchev–Trinajstić information content (AvgIpc) is 2.27. The molecule has 0 amide bonds. The zero-order chi connectivity index (χ0) is 12.4. The molecule has 0 saturated carbocycles. The van der Waals surface area contributed by atoms with Crippen molar-refractivity contribution in [3.8, 4) is 17.2 Å². The number of rotatable bonds is 2. The normalized spacial score (nSPS) is 10.3. The van der Waals surface area contributed by atoms with Crippen molar-refractivity contribution in [2.75, 3.05) is 0 Å². The van der Waals surface area contributed by atoms with Crippen LogP contribution < -0.4 is 4.74 Å². The number of phenols is 1. The quantitative estimate of drug-likeness (QED) is 0.829. The standard InChI is InChI=1S/C12H7Cl3O2/c13-7-1-4-12(10(15)5-7)17-8-2-3-9(14)11(16)6-8/h1-6,16H. The van der Waals surface area contributed by atoms with Gasteiger partial charge in [0, 0.05) is 11.1 Å². The van der Waals surface area contributed by atoms with Gasteiger partial charge in [-0.25, -0.2) is 0 Å². The zero-order valence-corrected chi connectivity index (χ0v) is 10.7. The molecule has 1 N–H and O–H groups in total. The fraction of sp³-hybridized carbons (Fsp3) is 0. The third kappa shape index (κ3) is 2.97. The van der Waals surface area contributed by atoms with E-state index >= 15 is 0 Å². The Morgan fingerprint density at radius 3 is 2.29 bits per heavy atom. The van der Waals surface area contributed by atoms with Gasteiger partial charge in [-0.2, -0.15) is 0 Å². The maximum Gasteiger partial charge on any atom is 0.146 e. The smallest absolute Gasteiger partial charge is 0.146 e. The molecule has 0 saturated heterocycles. The van der Waals surface area contributed by atoms with Crippen molar-refractivity contribution in [3.05, 3.63) is 51.5 Å². The predicted octanol–water partition coefficient (Wildman–Crippen LogP) is 5.14. The van der Waals surface area contributed by atoms with E-state index in [2.05, 4.69) is 0 Å². The van der Waals surface area contributed by atoms with Crippen molar-refractivity contribution < 1.29 is 9.84 Å². The lowest BCUT2D eigenvalue weighted by Gasteiger charge is -2.08. The van der Waals surface area contributed by atoms with Crippen LogP contribution in [0.25, 0.3) is 0 Å². The van der Waals surface area contributed by atoms with Crippen LogP contribution in [-0.2, 0) is 0 Å². The van der Waals surface area contributed by atoms with E-state index in [1.165, 1.54) is 12.1 Å². The molecule has 17 heavy (non-hydrogen) atoms. The molecule has 5 heteroatoms. The Hall–Kier alpha value is -1.09. The Balaban J connectivity index is 2.28. The molecule has 0 heterocycles. The second-order valence-electron chi connectivity index (χ2n) is 3.29. The summed E-state index contributed by atoms with van der Waals surface area (Å²) in [6.07, 6.45) is 0. The molecule has 2 aromatic rings. The number of halogens is 3. The molecule has 0 atom stereocenters. The summed E-state index contributed by atoms with van der Waals surface area (Å²) in [5.74, 6) is 0.850. The molecule has 0 radical (unpaired) electrons. The van der Waals surface area contributed by atoms with Gasteiger partial charge in [-0.15, -0.1) is 0 Å². The van der Waals surface area contributed by atoms with Crippen molar-refractivity contribution in [1.82, 2.24) is 0 Å². The first-order valence-corrected chi connectivity index (χ1v) is 5.81. The highest BCUT2D eigenvalue weighted by Crippen LogP contribution is 2.34. The lowest BCUT2D eigenvalue weighted by atomic mass is 10.3. The van der Waals surface area contributed by atoms with Gasteiger partial charge in [-0.3, -0.25) is 0 Å². The van der Waals surface area contributed by atoms with Crippen LogP contribution in [0.3, 0.4) is 0 Å². The summed E-state index contributed by atoms with van der Waals surface area (Å²) in [7, 11) is 0. The van der Waals surface area contributed by atoms with Crippen molar-refractivity contribution in [2.45, 2.75) is 0 Å². The van der Waals surface area contributed by atoms with Crippen molar-refractivity contribution >= 4 is 34.8 Å². The maximum absolute atomic E-state index is 9.43. The molecule has 2 nitrogen and oxygen atoms in total.